The lowest BCUT2D eigenvalue weighted by Crippen LogP contribution is -2.54. The number of imidazole rings is 1. The Morgan fingerprint density at radius 3 is 2.71 bits per heavy atom. The van der Waals surface area contributed by atoms with Gasteiger partial charge in [0.2, 0.25) is 0 Å². The molecule has 2 unspecified atom stereocenters. The minimum atomic E-state index is 0.259. The Bertz CT molecular complexity index is 639. The molecule has 0 spiro atoms. The highest BCUT2D eigenvalue weighted by atomic mass is 16.3. The van der Waals surface area contributed by atoms with Crippen LogP contribution in [0, 0.1) is 0 Å². The zero-order chi connectivity index (χ0) is 14.4. The molecule has 5 nitrogen and oxygen atoms in total. The number of piperazine rings is 1. The smallest absolute Gasteiger partial charge is 0.112 e. The summed E-state index contributed by atoms with van der Waals surface area (Å²) in [4.78, 5) is 9.60. The molecule has 4 rings (SSSR count). The molecule has 2 atom stereocenters. The van der Waals surface area contributed by atoms with Crippen molar-refractivity contribution in [1.82, 2.24) is 14.5 Å². The van der Waals surface area contributed by atoms with E-state index in [1.54, 1.807) is 0 Å². The summed E-state index contributed by atoms with van der Waals surface area (Å²) in [6, 6.07) is 7.60. The molecule has 0 saturated carbocycles. The van der Waals surface area contributed by atoms with E-state index >= 15 is 0 Å². The number of aryl methyl sites for hydroxylation is 1. The number of β-amino-alcohol motifs (C(OH)–C–C–N with tert-alkyl or cyclic N) is 1. The quantitative estimate of drug-likeness (QED) is 0.921. The summed E-state index contributed by atoms with van der Waals surface area (Å²) in [5.41, 5.74) is 3.60. The van der Waals surface area contributed by atoms with E-state index in [0.29, 0.717) is 12.1 Å². The molecule has 2 aliphatic heterocycles. The van der Waals surface area contributed by atoms with E-state index < -0.39 is 0 Å². The van der Waals surface area contributed by atoms with Gasteiger partial charge in [-0.05, 0) is 25.0 Å². The van der Waals surface area contributed by atoms with Crippen molar-refractivity contribution in [3.8, 4) is 0 Å². The van der Waals surface area contributed by atoms with E-state index in [1.807, 2.05) is 13.4 Å². The van der Waals surface area contributed by atoms with Crippen molar-refractivity contribution in [3.05, 3.63) is 24.5 Å². The Morgan fingerprint density at radius 1 is 1.24 bits per heavy atom. The second kappa shape index (κ2) is 5.00. The van der Waals surface area contributed by atoms with E-state index in [0.717, 1.165) is 25.2 Å². The fourth-order valence-corrected chi connectivity index (χ4v) is 4.06. The molecule has 0 amide bonds. The molecule has 2 aromatic rings. The van der Waals surface area contributed by atoms with Crippen LogP contribution in [0.5, 0.6) is 0 Å². The van der Waals surface area contributed by atoms with Gasteiger partial charge in [-0.3, -0.25) is 4.90 Å². The number of aromatic nitrogens is 2. The average Bonchev–Trinajstić information content (AvgIpc) is 2.98. The van der Waals surface area contributed by atoms with Crippen LogP contribution in [0.25, 0.3) is 11.0 Å². The molecule has 1 aromatic heterocycles. The van der Waals surface area contributed by atoms with Crippen LogP contribution < -0.4 is 4.90 Å². The summed E-state index contributed by atoms with van der Waals surface area (Å²) in [6.45, 7) is 3.17. The Kier molecular flexibility index (Phi) is 3.12. The number of aliphatic hydroxyl groups is 1. The predicted molar refractivity (Wildman–Crippen MR) is 83.5 cm³/mol. The van der Waals surface area contributed by atoms with Crippen molar-refractivity contribution in [2.75, 3.05) is 31.1 Å². The van der Waals surface area contributed by atoms with E-state index in [4.69, 9.17) is 0 Å². The van der Waals surface area contributed by atoms with Crippen molar-refractivity contribution in [2.45, 2.75) is 24.9 Å². The number of hydrogen-bond acceptors (Lipinski definition) is 4. The van der Waals surface area contributed by atoms with Gasteiger partial charge in [-0.2, -0.15) is 0 Å². The molecule has 1 aromatic carbocycles. The lowest BCUT2D eigenvalue weighted by Gasteiger charge is -2.42. The summed E-state index contributed by atoms with van der Waals surface area (Å²) < 4.78 is 2.09. The predicted octanol–water partition coefficient (Wildman–Crippen LogP) is 1.22. The third kappa shape index (κ3) is 2.03. The highest BCUT2D eigenvalue weighted by molar-refractivity contribution is 5.89. The van der Waals surface area contributed by atoms with Crippen LogP contribution in [0.15, 0.2) is 24.5 Å². The summed E-state index contributed by atoms with van der Waals surface area (Å²) in [6.07, 6.45) is 4.39. The Labute approximate surface area is 124 Å². The van der Waals surface area contributed by atoms with Gasteiger partial charge in [-0.15, -0.1) is 0 Å². The van der Waals surface area contributed by atoms with E-state index in [-0.39, 0.29) is 6.61 Å². The maximum Gasteiger partial charge on any atom is 0.112 e. The van der Waals surface area contributed by atoms with Gasteiger partial charge in [-0.1, -0.05) is 6.07 Å². The van der Waals surface area contributed by atoms with Crippen LogP contribution >= 0.6 is 0 Å². The first-order valence-electron chi connectivity index (χ1n) is 7.79. The maximum atomic E-state index is 9.17. The number of fused-ring (bicyclic) bond motifs is 3. The molecule has 2 saturated heterocycles. The third-order valence-corrected chi connectivity index (χ3v) is 4.99. The number of benzene rings is 1. The fraction of sp³-hybridized carbons (Fsp3) is 0.562. The highest BCUT2D eigenvalue weighted by Crippen LogP contribution is 2.37. The number of rotatable bonds is 3. The molecule has 0 radical (unpaired) electrons. The molecule has 2 aliphatic rings. The fourth-order valence-electron chi connectivity index (χ4n) is 4.06. The summed E-state index contributed by atoms with van der Waals surface area (Å²) in [5, 5.41) is 9.17. The van der Waals surface area contributed by atoms with Gasteiger partial charge in [-0.25, -0.2) is 4.98 Å². The third-order valence-electron chi connectivity index (χ3n) is 4.99. The number of nitrogens with zero attached hydrogens (tertiary/aromatic N) is 4. The largest absolute Gasteiger partial charge is 0.395 e. The molecule has 1 N–H and O–H groups in total. The zero-order valence-corrected chi connectivity index (χ0v) is 12.4. The Morgan fingerprint density at radius 2 is 2.00 bits per heavy atom. The molecule has 2 bridgehead atoms. The molecule has 21 heavy (non-hydrogen) atoms. The minimum absolute atomic E-state index is 0.259. The molecule has 112 valence electrons. The van der Waals surface area contributed by atoms with Gasteiger partial charge in [0.05, 0.1) is 24.1 Å². The van der Waals surface area contributed by atoms with Crippen molar-refractivity contribution in [2.24, 2.45) is 7.05 Å². The summed E-state index contributed by atoms with van der Waals surface area (Å²) in [7, 11) is 2.05. The van der Waals surface area contributed by atoms with Gasteiger partial charge in [0, 0.05) is 38.8 Å². The van der Waals surface area contributed by atoms with E-state index in [9.17, 15) is 5.11 Å². The van der Waals surface area contributed by atoms with Crippen LogP contribution in [0.2, 0.25) is 0 Å². The number of anilines is 1. The van der Waals surface area contributed by atoms with Gasteiger partial charge in [0.25, 0.3) is 0 Å². The van der Waals surface area contributed by atoms with Crippen LogP contribution in [-0.2, 0) is 7.05 Å². The number of hydrogen-bond donors (Lipinski definition) is 1. The zero-order valence-electron chi connectivity index (χ0n) is 12.4. The van der Waals surface area contributed by atoms with Gasteiger partial charge in [0.1, 0.15) is 5.52 Å². The second-order valence-electron chi connectivity index (χ2n) is 6.28. The molecule has 0 aliphatic carbocycles. The van der Waals surface area contributed by atoms with Crippen LogP contribution in [0.3, 0.4) is 0 Å². The Balaban J connectivity index is 1.70. The van der Waals surface area contributed by atoms with Crippen molar-refractivity contribution in [3.63, 3.8) is 0 Å². The first kappa shape index (κ1) is 13.1. The van der Waals surface area contributed by atoms with Crippen LogP contribution in [0.1, 0.15) is 12.8 Å². The molecule has 2 fully saturated rings. The molecular formula is C16H22N4O. The normalized spacial score (nSPS) is 25.9. The lowest BCUT2D eigenvalue weighted by atomic mass is 10.1. The van der Waals surface area contributed by atoms with E-state index in [2.05, 4.69) is 37.5 Å². The second-order valence-corrected chi connectivity index (χ2v) is 6.28. The number of likely N-dealkylation sites (tertiary alicyclic amines) is 1. The highest BCUT2D eigenvalue weighted by Gasteiger charge is 2.40. The van der Waals surface area contributed by atoms with Gasteiger partial charge in [0.15, 0.2) is 0 Å². The number of aliphatic hydroxyl groups excluding tert-OH is 1. The number of para-hydroxylation sites is 1. The van der Waals surface area contributed by atoms with E-state index in [1.165, 1.54) is 24.0 Å². The molecular weight excluding hydrogens is 264 g/mol. The Hall–Kier alpha value is -1.59. The SMILES string of the molecule is Cn1cnc2c(N3C4CCC3CN(CCO)C4)cccc21. The lowest BCUT2D eigenvalue weighted by molar-refractivity contribution is 0.168. The van der Waals surface area contributed by atoms with Crippen molar-refractivity contribution < 1.29 is 5.11 Å². The van der Waals surface area contributed by atoms with Crippen molar-refractivity contribution in [1.29, 1.82) is 0 Å². The molecule has 5 heteroatoms. The summed E-state index contributed by atoms with van der Waals surface area (Å²) >= 11 is 0. The van der Waals surface area contributed by atoms with Crippen LogP contribution in [0.4, 0.5) is 5.69 Å². The maximum absolute atomic E-state index is 9.17. The van der Waals surface area contributed by atoms with Crippen LogP contribution in [-0.4, -0.2) is 57.9 Å². The topological polar surface area (TPSA) is 44.5 Å². The monoisotopic (exact) mass is 286 g/mol. The van der Waals surface area contributed by atoms with Crippen molar-refractivity contribution >= 4 is 16.7 Å². The molecule has 3 heterocycles. The first-order valence-corrected chi connectivity index (χ1v) is 7.79. The van der Waals surface area contributed by atoms with Gasteiger partial charge < -0.3 is 14.6 Å². The summed E-state index contributed by atoms with van der Waals surface area (Å²) in [5.74, 6) is 0. The minimum Gasteiger partial charge on any atom is -0.395 e. The first-order chi connectivity index (χ1) is 10.3. The van der Waals surface area contributed by atoms with Gasteiger partial charge >= 0.3 is 0 Å². The average molecular weight is 286 g/mol. The standard InChI is InChI=1S/C16H22N4O/c1-18-11-17-16-14(18)3-2-4-15(16)20-12-5-6-13(20)10-19(9-12)7-8-21/h2-4,11-13,21H,5-10H2,1H3.